The van der Waals surface area contributed by atoms with Crippen LogP contribution < -0.4 is 5.32 Å². The fraction of sp³-hybridized carbons (Fsp3) is 0.769. The number of rotatable bonds is 8. The van der Waals surface area contributed by atoms with Gasteiger partial charge in [-0.3, -0.25) is 0 Å². The molecule has 0 spiro atoms. The summed E-state index contributed by atoms with van der Waals surface area (Å²) >= 11 is 1.72. The lowest BCUT2D eigenvalue weighted by Gasteiger charge is -2.39. The summed E-state index contributed by atoms with van der Waals surface area (Å²) in [4.78, 5) is 4.37. The van der Waals surface area contributed by atoms with Crippen LogP contribution in [0.4, 0.5) is 0 Å². The van der Waals surface area contributed by atoms with E-state index >= 15 is 0 Å². The molecule has 1 unspecified atom stereocenters. The Morgan fingerprint density at radius 2 is 2.12 bits per heavy atom. The first-order chi connectivity index (χ1) is 8.22. The van der Waals surface area contributed by atoms with Crippen LogP contribution in [0, 0.1) is 0 Å². The molecule has 1 heterocycles. The summed E-state index contributed by atoms with van der Waals surface area (Å²) in [6, 6.07) is 0.323. The number of hydrogen-bond donors (Lipinski definition) is 1. The van der Waals surface area contributed by atoms with Crippen molar-refractivity contribution in [2.24, 2.45) is 0 Å². The van der Waals surface area contributed by atoms with Crippen molar-refractivity contribution in [2.45, 2.75) is 51.7 Å². The third-order valence-electron chi connectivity index (χ3n) is 3.47. The summed E-state index contributed by atoms with van der Waals surface area (Å²) < 4.78 is 6.04. The smallest absolute Gasteiger partial charge is 0.0941 e. The molecule has 98 valence electrons. The number of ether oxygens (including phenoxy) is 1. The Labute approximate surface area is 109 Å². The third kappa shape index (κ3) is 3.50. The highest BCUT2D eigenvalue weighted by molar-refractivity contribution is 7.09. The summed E-state index contributed by atoms with van der Waals surface area (Å²) in [6.45, 7) is 7.23. The zero-order valence-electron chi connectivity index (χ0n) is 11.3. The first-order valence-corrected chi connectivity index (χ1v) is 7.29. The first-order valence-electron chi connectivity index (χ1n) is 6.42. The molecule has 0 saturated heterocycles. The van der Waals surface area contributed by atoms with Crippen molar-refractivity contribution in [1.29, 1.82) is 0 Å². The van der Waals surface area contributed by atoms with Crippen molar-refractivity contribution in [3.8, 4) is 0 Å². The lowest BCUT2D eigenvalue weighted by atomic mass is 9.86. The molecule has 1 N–H and O–H groups in total. The lowest BCUT2D eigenvalue weighted by molar-refractivity contribution is -0.0703. The second-order valence-corrected chi connectivity index (χ2v) is 5.16. The van der Waals surface area contributed by atoms with Crippen molar-refractivity contribution in [2.75, 3.05) is 13.7 Å². The maximum Gasteiger partial charge on any atom is 0.0941 e. The minimum Gasteiger partial charge on any atom is -0.374 e. The average Bonchev–Trinajstić information content (AvgIpc) is 2.86. The Bertz CT molecular complexity index is 296. The zero-order chi connectivity index (χ0) is 12.7. The average molecular weight is 256 g/mol. The monoisotopic (exact) mass is 256 g/mol. The van der Waals surface area contributed by atoms with Crippen LogP contribution in [-0.2, 0) is 11.2 Å². The minimum atomic E-state index is -0.0742. The molecular weight excluding hydrogens is 232 g/mol. The van der Waals surface area contributed by atoms with Crippen LogP contribution in [0.15, 0.2) is 11.6 Å². The first kappa shape index (κ1) is 14.6. The lowest BCUT2D eigenvalue weighted by Crippen LogP contribution is -2.52. The van der Waals surface area contributed by atoms with Gasteiger partial charge in [-0.15, -0.1) is 11.3 Å². The Morgan fingerprint density at radius 1 is 1.41 bits per heavy atom. The van der Waals surface area contributed by atoms with E-state index in [0.29, 0.717) is 6.04 Å². The molecule has 0 aliphatic carbocycles. The van der Waals surface area contributed by atoms with Crippen LogP contribution >= 0.6 is 11.3 Å². The maximum atomic E-state index is 6.04. The van der Waals surface area contributed by atoms with Gasteiger partial charge >= 0.3 is 0 Å². The van der Waals surface area contributed by atoms with Crippen molar-refractivity contribution < 1.29 is 4.74 Å². The molecule has 17 heavy (non-hydrogen) atoms. The fourth-order valence-corrected chi connectivity index (χ4v) is 3.08. The predicted octanol–water partition coefficient (Wildman–Crippen LogP) is 2.87. The summed E-state index contributed by atoms with van der Waals surface area (Å²) in [7, 11) is 2.01. The molecule has 3 nitrogen and oxygen atoms in total. The van der Waals surface area contributed by atoms with E-state index in [9.17, 15) is 0 Å². The summed E-state index contributed by atoms with van der Waals surface area (Å²) in [5.74, 6) is 0. The molecule has 0 aromatic carbocycles. The van der Waals surface area contributed by atoms with Gasteiger partial charge < -0.3 is 10.1 Å². The largest absolute Gasteiger partial charge is 0.374 e. The van der Waals surface area contributed by atoms with Gasteiger partial charge in [0.25, 0.3) is 0 Å². The standard InChI is InChI=1S/C13H24N2OS/c1-5-13(6-2,16-7-3)11(14-4)10-12-15-8-9-17-12/h8-9,11,14H,5-7,10H2,1-4H3. The Balaban J connectivity index is 2.80. The van der Waals surface area contributed by atoms with Crippen LogP contribution in [0.5, 0.6) is 0 Å². The van der Waals surface area contributed by atoms with Gasteiger partial charge in [0.2, 0.25) is 0 Å². The number of nitrogens with zero attached hydrogens (tertiary/aromatic N) is 1. The molecule has 1 aromatic rings. The SMILES string of the molecule is CCOC(CC)(CC)C(Cc1nccs1)NC. The highest BCUT2D eigenvalue weighted by Crippen LogP contribution is 2.27. The minimum absolute atomic E-state index is 0.0742. The van der Waals surface area contributed by atoms with Crippen LogP contribution in [0.1, 0.15) is 38.6 Å². The predicted molar refractivity (Wildman–Crippen MR) is 73.6 cm³/mol. The van der Waals surface area contributed by atoms with E-state index < -0.39 is 0 Å². The van der Waals surface area contributed by atoms with Gasteiger partial charge in [0.05, 0.1) is 10.6 Å². The molecular formula is C13H24N2OS. The molecule has 0 amide bonds. The molecule has 0 radical (unpaired) electrons. The van der Waals surface area contributed by atoms with Crippen molar-refractivity contribution in [1.82, 2.24) is 10.3 Å². The maximum absolute atomic E-state index is 6.04. The molecule has 4 heteroatoms. The fourth-order valence-electron chi connectivity index (χ4n) is 2.41. The van der Waals surface area contributed by atoms with E-state index in [1.165, 1.54) is 5.01 Å². The van der Waals surface area contributed by atoms with Crippen LogP contribution in [0.2, 0.25) is 0 Å². The summed E-state index contributed by atoms with van der Waals surface area (Å²) in [6.07, 6.45) is 4.85. The molecule has 1 atom stereocenters. The molecule has 1 aromatic heterocycles. The molecule has 0 saturated carbocycles. The van der Waals surface area contributed by atoms with E-state index in [2.05, 4.69) is 31.1 Å². The summed E-state index contributed by atoms with van der Waals surface area (Å²) in [5.41, 5.74) is -0.0742. The Hall–Kier alpha value is -0.450. The van der Waals surface area contributed by atoms with Crippen LogP contribution in [0.25, 0.3) is 0 Å². The van der Waals surface area contributed by atoms with E-state index in [0.717, 1.165) is 25.9 Å². The van der Waals surface area contributed by atoms with Gasteiger partial charge in [-0.25, -0.2) is 4.98 Å². The number of likely N-dealkylation sites (N-methyl/N-ethyl adjacent to an activating group) is 1. The Kier molecular flexibility index (Phi) is 6.09. The quantitative estimate of drug-likeness (QED) is 0.776. The van der Waals surface area contributed by atoms with Gasteiger partial charge in [0.15, 0.2) is 0 Å². The van der Waals surface area contributed by atoms with E-state index in [1.54, 1.807) is 11.3 Å². The van der Waals surface area contributed by atoms with Gasteiger partial charge in [-0.05, 0) is 26.8 Å². The highest BCUT2D eigenvalue weighted by atomic mass is 32.1. The van der Waals surface area contributed by atoms with Crippen molar-refractivity contribution in [3.05, 3.63) is 16.6 Å². The second kappa shape index (κ2) is 7.09. The number of aromatic nitrogens is 1. The normalized spacial score (nSPS) is 13.9. The highest BCUT2D eigenvalue weighted by Gasteiger charge is 2.35. The second-order valence-electron chi connectivity index (χ2n) is 4.18. The van der Waals surface area contributed by atoms with E-state index in [1.807, 2.05) is 18.6 Å². The van der Waals surface area contributed by atoms with Crippen LogP contribution in [0.3, 0.4) is 0 Å². The number of thiazole rings is 1. The molecule has 0 fully saturated rings. The molecule has 0 aliphatic heterocycles. The number of hydrogen-bond acceptors (Lipinski definition) is 4. The summed E-state index contributed by atoms with van der Waals surface area (Å²) in [5, 5.41) is 6.62. The molecule has 0 aliphatic rings. The third-order valence-corrected chi connectivity index (χ3v) is 4.28. The number of nitrogens with one attached hydrogen (secondary N) is 1. The van der Waals surface area contributed by atoms with Crippen LogP contribution in [-0.4, -0.2) is 30.3 Å². The van der Waals surface area contributed by atoms with Gasteiger partial charge in [-0.2, -0.15) is 0 Å². The zero-order valence-corrected chi connectivity index (χ0v) is 12.1. The van der Waals surface area contributed by atoms with E-state index in [-0.39, 0.29) is 5.60 Å². The van der Waals surface area contributed by atoms with Gasteiger partial charge in [0, 0.05) is 30.6 Å². The molecule has 1 rings (SSSR count). The molecule has 0 bridgehead atoms. The van der Waals surface area contributed by atoms with Crippen molar-refractivity contribution in [3.63, 3.8) is 0 Å². The van der Waals surface area contributed by atoms with Gasteiger partial charge in [0.1, 0.15) is 0 Å². The van der Waals surface area contributed by atoms with Gasteiger partial charge in [-0.1, -0.05) is 13.8 Å². The topological polar surface area (TPSA) is 34.1 Å². The van der Waals surface area contributed by atoms with E-state index in [4.69, 9.17) is 4.74 Å². The Morgan fingerprint density at radius 3 is 2.53 bits per heavy atom. The van der Waals surface area contributed by atoms with Crippen molar-refractivity contribution >= 4 is 11.3 Å².